The van der Waals surface area contributed by atoms with Crippen LogP contribution in [0.15, 0.2) is 36.7 Å². The van der Waals surface area contributed by atoms with Gasteiger partial charge in [0.1, 0.15) is 11.6 Å². The smallest absolute Gasteiger partial charge is 0.224 e. The monoisotopic (exact) mass is 372 g/mol. The van der Waals surface area contributed by atoms with Gasteiger partial charge in [-0.1, -0.05) is 26.0 Å². The summed E-state index contributed by atoms with van der Waals surface area (Å²) in [5.41, 5.74) is 0.963. The normalized spacial score (nSPS) is 18.9. The lowest BCUT2D eigenvalue weighted by Crippen LogP contribution is -2.46. The van der Waals surface area contributed by atoms with E-state index in [1.165, 1.54) is 12.1 Å². The minimum absolute atomic E-state index is 0.120. The summed E-state index contributed by atoms with van der Waals surface area (Å²) in [7, 11) is 0. The number of benzene rings is 1. The molecule has 0 N–H and O–H groups in total. The average Bonchev–Trinajstić information content (AvgIpc) is 3.04. The standard InChI is InChI=1S/C21H29FN4O/c1-4-25-12-10-23-20(25)15-24-11-9-21(27)26(19(14-24)16(2)3)13-17-5-7-18(22)8-6-17/h5-8,10,12,16,19H,4,9,11,13-15H2,1-3H3/t19-/m0/s1. The van der Waals surface area contributed by atoms with Gasteiger partial charge in [-0.25, -0.2) is 9.37 Å². The van der Waals surface area contributed by atoms with Crippen LogP contribution in [0.5, 0.6) is 0 Å². The summed E-state index contributed by atoms with van der Waals surface area (Å²) in [6.07, 6.45) is 4.33. The first-order valence-electron chi connectivity index (χ1n) is 9.74. The minimum atomic E-state index is -0.251. The molecule has 2 heterocycles. The molecule has 0 radical (unpaired) electrons. The van der Waals surface area contributed by atoms with Gasteiger partial charge in [-0.3, -0.25) is 9.69 Å². The molecular formula is C21H29FN4O. The van der Waals surface area contributed by atoms with Gasteiger partial charge in [0.2, 0.25) is 5.91 Å². The van der Waals surface area contributed by atoms with Crippen molar-refractivity contribution in [3.63, 3.8) is 0 Å². The topological polar surface area (TPSA) is 41.4 Å². The molecular weight excluding hydrogens is 343 g/mol. The van der Waals surface area contributed by atoms with E-state index in [1.54, 1.807) is 12.1 Å². The number of hydrogen-bond acceptors (Lipinski definition) is 3. The maximum atomic E-state index is 13.2. The van der Waals surface area contributed by atoms with E-state index in [0.717, 1.165) is 37.6 Å². The van der Waals surface area contributed by atoms with Gasteiger partial charge in [0.15, 0.2) is 0 Å². The van der Waals surface area contributed by atoms with Crippen LogP contribution in [0.3, 0.4) is 0 Å². The van der Waals surface area contributed by atoms with Crippen molar-refractivity contribution in [3.8, 4) is 0 Å². The zero-order valence-electron chi connectivity index (χ0n) is 16.4. The summed E-state index contributed by atoms with van der Waals surface area (Å²) in [5, 5.41) is 0. The second-order valence-electron chi connectivity index (χ2n) is 7.57. The Morgan fingerprint density at radius 3 is 2.63 bits per heavy atom. The molecule has 2 aromatic rings. The highest BCUT2D eigenvalue weighted by molar-refractivity contribution is 5.77. The number of carbonyl (C=O) groups excluding carboxylic acids is 1. The Labute approximate surface area is 160 Å². The minimum Gasteiger partial charge on any atom is -0.334 e. The number of aryl methyl sites for hydroxylation is 1. The lowest BCUT2D eigenvalue weighted by molar-refractivity contribution is -0.134. The first-order valence-corrected chi connectivity index (χ1v) is 9.74. The third-order valence-electron chi connectivity index (χ3n) is 5.35. The van der Waals surface area contributed by atoms with Crippen molar-refractivity contribution in [2.45, 2.75) is 52.9 Å². The molecule has 1 saturated heterocycles. The predicted molar refractivity (Wildman–Crippen MR) is 103 cm³/mol. The molecule has 1 aromatic carbocycles. The summed E-state index contributed by atoms with van der Waals surface area (Å²) >= 11 is 0. The second-order valence-corrected chi connectivity index (χ2v) is 7.57. The van der Waals surface area contributed by atoms with Crippen LogP contribution in [0.4, 0.5) is 4.39 Å². The molecule has 0 spiro atoms. The van der Waals surface area contributed by atoms with Crippen LogP contribution < -0.4 is 0 Å². The number of rotatable bonds is 6. The van der Waals surface area contributed by atoms with Crippen LogP contribution >= 0.6 is 0 Å². The van der Waals surface area contributed by atoms with Gasteiger partial charge in [-0.15, -0.1) is 0 Å². The second kappa shape index (κ2) is 8.65. The van der Waals surface area contributed by atoms with Crippen molar-refractivity contribution in [1.82, 2.24) is 19.4 Å². The Kier molecular flexibility index (Phi) is 6.26. The van der Waals surface area contributed by atoms with E-state index in [2.05, 4.69) is 35.2 Å². The van der Waals surface area contributed by atoms with E-state index in [1.807, 2.05) is 17.3 Å². The van der Waals surface area contributed by atoms with E-state index in [9.17, 15) is 9.18 Å². The fourth-order valence-electron chi connectivity index (χ4n) is 3.72. The number of aromatic nitrogens is 2. The van der Waals surface area contributed by atoms with Crippen LogP contribution in [-0.2, 0) is 24.4 Å². The molecule has 1 amide bonds. The predicted octanol–water partition coefficient (Wildman–Crippen LogP) is 3.30. The van der Waals surface area contributed by atoms with Gasteiger partial charge in [0.05, 0.1) is 6.54 Å². The molecule has 0 aliphatic carbocycles. The molecule has 1 aromatic heterocycles. The quantitative estimate of drug-likeness (QED) is 0.781. The van der Waals surface area contributed by atoms with E-state index < -0.39 is 0 Å². The number of imidazole rings is 1. The fraction of sp³-hybridized carbons (Fsp3) is 0.524. The lowest BCUT2D eigenvalue weighted by Gasteiger charge is -2.34. The zero-order valence-corrected chi connectivity index (χ0v) is 16.4. The average molecular weight is 372 g/mol. The summed E-state index contributed by atoms with van der Waals surface area (Å²) in [5.74, 6) is 1.29. The lowest BCUT2D eigenvalue weighted by atomic mass is 10.0. The zero-order chi connectivity index (χ0) is 19.4. The van der Waals surface area contributed by atoms with E-state index in [0.29, 0.717) is 18.9 Å². The van der Waals surface area contributed by atoms with Crippen molar-refractivity contribution in [2.75, 3.05) is 13.1 Å². The number of nitrogens with zero attached hydrogens (tertiary/aromatic N) is 4. The fourth-order valence-corrected chi connectivity index (χ4v) is 3.72. The molecule has 0 bridgehead atoms. The number of amides is 1. The molecule has 1 aliphatic heterocycles. The van der Waals surface area contributed by atoms with Gasteiger partial charge in [0.25, 0.3) is 0 Å². The van der Waals surface area contributed by atoms with E-state index >= 15 is 0 Å². The summed E-state index contributed by atoms with van der Waals surface area (Å²) in [4.78, 5) is 21.7. The molecule has 0 saturated carbocycles. The van der Waals surface area contributed by atoms with Crippen molar-refractivity contribution >= 4 is 5.91 Å². The summed E-state index contributed by atoms with van der Waals surface area (Å²) in [6, 6.07) is 6.56. The number of carbonyl (C=O) groups is 1. The van der Waals surface area contributed by atoms with Gasteiger partial charge in [-0.05, 0) is 30.5 Å². The van der Waals surface area contributed by atoms with Crippen molar-refractivity contribution in [3.05, 3.63) is 53.9 Å². The van der Waals surface area contributed by atoms with Gasteiger partial charge in [-0.2, -0.15) is 0 Å². The Morgan fingerprint density at radius 2 is 1.96 bits per heavy atom. The molecule has 27 heavy (non-hydrogen) atoms. The molecule has 6 heteroatoms. The van der Waals surface area contributed by atoms with Gasteiger partial charge in [0, 0.05) is 51.0 Å². The van der Waals surface area contributed by atoms with E-state index in [-0.39, 0.29) is 17.8 Å². The summed E-state index contributed by atoms with van der Waals surface area (Å²) < 4.78 is 15.4. The first-order chi connectivity index (χ1) is 13.0. The van der Waals surface area contributed by atoms with Crippen LogP contribution in [0, 0.1) is 11.7 Å². The molecule has 1 fully saturated rings. The first kappa shape index (κ1) is 19.5. The van der Waals surface area contributed by atoms with Crippen molar-refractivity contribution in [1.29, 1.82) is 0 Å². The Hall–Kier alpha value is -2.21. The molecule has 0 unspecified atom stereocenters. The molecule has 1 aliphatic rings. The largest absolute Gasteiger partial charge is 0.334 e. The van der Waals surface area contributed by atoms with Crippen molar-refractivity contribution in [2.24, 2.45) is 5.92 Å². The Bertz CT molecular complexity index is 756. The highest BCUT2D eigenvalue weighted by atomic mass is 19.1. The van der Waals surface area contributed by atoms with Gasteiger partial charge >= 0.3 is 0 Å². The third kappa shape index (κ3) is 4.75. The molecule has 5 nitrogen and oxygen atoms in total. The molecule has 3 rings (SSSR count). The van der Waals surface area contributed by atoms with Crippen LogP contribution in [0.2, 0.25) is 0 Å². The number of hydrogen-bond donors (Lipinski definition) is 0. The van der Waals surface area contributed by atoms with Gasteiger partial charge < -0.3 is 9.47 Å². The van der Waals surface area contributed by atoms with Crippen LogP contribution in [-0.4, -0.2) is 44.4 Å². The molecule has 146 valence electrons. The Morgan fingerprint density at radius 1 is 1.22 bits per heavy atom. The third-order valence-corrected chi connectivity index (χ3v) is 5.35. The Balaban J connectivity index is 1.77. The van der Waals surface area contributed by atoms with Crippen LogP contribution in [0.1, 0.15) is 38.6 Å². The summed E-state index contributed by atoms with van der Waals surface area (Å²) in [6.45, 7) is 10.2. The molecule has 1 atom stereocenters. The maximum absolute atomic E-state index is 13.2. The SMILES string of the molecule is CCn1ccnc1CN1CCC(=O)N(Cc2ccc(F)cc2)[C@H](C(C)C)C1. The highest BCUT2D eigenvalue weighted by Gasteiger charge is 2.32. The highest BCUT2D eigenvalue weighted by Crippen LogP contribution is 2.22. The van der Waals surface area contributed by atoms with Crippen LogP contribution in [0.25, 0.3) is 0 Å². The number of halogens is 1. The van der Waals surface area contributed by atoms with Crippen molar-refractivity contribution < 1.29 is 9.18 Å². The maximum Gasteiger partial charge on any atom is 0.224 e. The van der Waals surface area contributed by atoms with E-state index in [4.69, 9.17) is 0 Å².